The highest BCUT2D eigenvalue weighted by Crippen LogP contribution is 2.30. The van der Waals surface area contributed by atoms with Gasteiger partial charge in [0.2, 0.25) is 0 Å². The maximum absolute atomic E-state index is 5.23. The number of nitrogens with zero attached hydrogens (tertiary/aromatic N) is 2. The van der Waals surface area contributed by atoms with Crippen molar-refractivity contribution in [1.29, 1.82) is 0 Å². The fourth-order valence-electron chi connectivity index (χ4n) is 2.13. The smallest absolute Gasteiger partial charge is 0.144 e. The van der Waals surface area contributed by atoms with Crippen LogP contribution in [0, 0.1) is 5.92 Å². The number of ether oxygens (including phenoxy) is 1. The molecule has 1 aromatic heterocycles. The van der Waals surface area contributed by atoms with E-state index in [0.29, 0.717) is 12.6 Å². The Hall–Kier alpha value is -0.650. The number of aromatic nitrogens is 2. The first kappa shape index (κ1) is 15.7. The number of rotatable bonds is 5. The van der Waals surface area contributed by atoms with Gasteiger partial charge in [-0.25, -0.2) is 4.98 Å². The molecule has 0 saturated carbocycles. The predicted octanol–water partition coefficient (Wildman–Crippen LogP) is 4.88. The Morgan fingerprint density at radius 2 is 1.85 bits per heavy atom. The Bertz CT molecular complexity index is 576. The second kappa shape index (κ2) is 6.87. The SMILES string of the molecule is COCn1c(-c2ccc(CC(C)C)cc2)nc(Br)c1Br. The van der Waals surface area contributed by atoms with Crippen molar-refractivity contribution >= 4 is 31.9 Å². The molecule has 0 bridgehead atoms. The largest absolute Gasteiger partial charge is 0.364 e. The molecule has 0 spiro atoms. The van der Waals surface area contributed by atoms with Gasteiger partial charge in [0, 0.05) is 12.7 Å². The molecule has 0 aliphatic carbocycles. The van der Waals surface area contributed by atoms with Crippen molar-refractivity contribution < 1.29 is 4.74 Å². The van der Waals surface area contributed by atoms with Gasteiger partial charge in [-0.05, 0) is 49.8 Å². The minimum absolute atomic E-state index is 0.461. The monoisotopic (exact) mass is 400 g/mol. The number of halogens is 2. The van der Waals surface area contributed by atoms with Crippen LogP contribution in [0.15, 0.2) is 33.5 Å². The summed E-state index contributed by atoms with van der Waals surface area (Å²) in [5.74, 6) is 1.56. The molecule has 5 heteroatoms. The molecule has 0 N–H and O–H groups in total. The molecule has 0 atom stereocenters. The minimum Gasteiger partial charge on any atom is -0.364 e. The molecule has 0 radical (unpaired) electrons. The van der Waals surface area contributed by atoms with E-state index in [1.54, 1.807) is 7.11 Å². The maximum atomic E-state index is 5.23. The second-order valence-electron chi connectivity index (χ2n) is 5.16. The number of hydrogen-bond donors (Lipinski definition) is 0. The quantitative estimate of drug-likeness (QED) is 0.713. The molecule has 0 fully saturated rings. The van der Waals surface area contributed by atoms with Gasteiger partial charge in [0.25, 0.3) is 0 Å². The van der Waals surface area contributed by atoms with Gasteiger partial charge in [-0.15, -0.1) is 0 Å². The lowest BCUT2D eigenvalue weighted by molar-refractivity contribution is 0.130. The average molecular weight is 402 g/mol. The second-order valence-corrected chi connectivity index (χ2v) is 6.66. The van der Waals surface area contributed by atoms with Crippen LogP contribution >= 0.6 is 31.9 Å². The van der Waals surface area contributed by atoms with E-state index in [-0.39, 0.29) is 0 Å². The van der Waals surface area contributed by atoms with Crippen molar-refractivity contribution in [3.63, 3.8) is 0 Å². The molecular weight excluding hydrogens is 384 g/mol. The maximum Gasteiger partial charge on any atom is 0.144 e. The van der Waals surface area contributed by atoms with E-state index in [0.717, 1.165) is 27.0 Å². The topological polar surface area (TPSA) is 27.1 Å². The highest BCUT2D eigenvalue weighted by Gasteiger charge is 2.14. The van der Waals surface area contributed by atoms with Crippen molar-refractivity contribution in [1.82, 2.24) is 9.55 Å². The summed E-state index contributed by atoms with van der Waals surface area (Å²) in [4.78, 5) is 4.54. The summed E-state index contributed by atoms with van der Waals surface area (Å²) in [5.41, 5.74) is 2.44. The van der Waals surface area contributed by atoms with Crippen LogP contribution in [0.25, 0.3) is 11.4 Å². The van der Waals surface area contributed by atoms with Crippen molar-refractivity contribution in [2.24, 2.45) is 5.92 Å². The third-order valence-corrected chi connectivity index (χ3v) is 4.87. The molecule has 2 rings (SSSR count). The van der Waals surface area contributed by atoms with Crippen LogP contribution in [0.2, 0.25) is 0 Å². The Morgan fingerprint density at radius 3 is 2.40 bits per heavy atom. The molecule has 0 aliphatic heterocycles. The lowest BCUT2D eigenvalue weighted by atomic mass is 10.0. The molecule has 0 amide bonds. The van der Waals surface area contributed by atoms with E-state index >= 15 is 0 Å². The first-order valence-corrected chi connectivity index (χ1v) is 8.11. The zero-order valence-electron chi connectivity index (χ0n) is 11.9. The fourth-order valence-corrected chi connectivity index (χ4v) is 2.87. The van der Waals surface area contributed by atoms with Crippen LogP contribution in [0.5, 0.6) is 0 Å². The summed E-state index contributed by atoms with van der Waals surface area (Å²) in [7, 11) is 1.68. The highest BCUT2D eigenvalue weighted by atomic mass is 79.9. The summed E-state index contributed by atoms with van der Waals surface area (Å²) >= 11 is 6.97. The van der Waals surface area contributed by atoms with Crippen molar-refractivity contribution in [3.05, 3.63) is 39.0 Å². The van der Waals surface area contributed by atoms with E-state index in [9.17, 15) is 0 Å². The molecule has 0 aliphatic rings. The molecule has 1 aromatic carbocycles. The van der Waals surface area contributed by atoms with Gasteiger partial charge < -0.3 is 4.74 Å². The number of hydrogen-bond acceptors (Lipinski definition) is 2. The van der Waals surface area contributed by atoms with Crippen LogP contribution in [0.4, 0.5) is 0 Å². The highest BCUT2D eigenvalue weighted by molar-refractivity contribution is 9.13. The number of benzene rings is 1. The Balaban J connectivity index is 2.34. The summed E-state index contributed by atoms with van der Waals surface area (Å²) in [6.45, 7) is 4.92. The normalized spacial score (nSPS) is 11.3. The summed E-state index contributed by atoms with van der Waals surface area (Å²) in [5, 5.41) is 0. The first-order valence-electron chi connectivity index (χ1n) is 6.52. The molecule has 0 unspecified atom stereocenters. The lowest BCUT2D eigenvalue weighted by Gasteiger charge is -2.09. The minimum atomic E-state index is 0.461. The Labute approximate surface area is 136 Å². The van der Waals surface area contributed by atoms with Crippen LogP contribution in [-0.4, -0.2) is 16.7 Å². The van der Waals surface area contributed by atoms with Gasteiger partial charge >= 0.3 is 0 Å². The van der Waals surface area contributed by atoms with Gasteiger partial charge in [-0.2, -0.15) is 0 Å². The molecule has 1 heterocycles. The van der Waals surface area contributed by atoms with E-state index in [1.807, 2.05) is 4.57 Å². The van der Waals surface area contributed by atoms with Gasteiger partial charge in [-0.1, -0.05) is 38.1 Å². The van der Waals surface area contributed by atoms with Crippen LogP contribution in [0.1, 0.15) is 19.4 Å². The average Bonchev–Trinajstić information content (AvgIpc) is 2.68. The third-order valence-electron chi connectivity index (χ3n) is 2.98. The standard InChI is InChI=1S/C15H18Br2N2O/c1-10(2)8-11-4-6-12(7-5-11)15-18-13(16)14(17)19(15)9-20-3/h4-7,10H,8-9H2,1-3H3. The molecular formula is C15H18Br2N2O. The fraction of sp³-hybridized carbons (Fsp3) is 0.400. The van der Waals surface area contributed by atoms with Crippen molar-refractivity contribution in [2.45, 2.75) is 27.0 Å². The predicted molar refractivity (Wildman–Crippen MR) is 88.6 cm³/mol. The molecule has 20 heavy (non-hydrogen) atoms. The van der Waals surface area contributed by atoms with Crippen LogP contribution in [0.3, 0.4) is 0 Å². The van der Waals surface area contributed by atoms with Crippen molar-refractivity contribution in [2.75, 3.05) is 7.11 Å². The molecule has 108 valence electrons. The zero-order chi connectivity index (χ0) is 14.7. The van der Waals surface area contributed by atoms with Gasteiger partial charge in [0.15, 0.2) is 0 Å². The molecule has 3 nitrogen and oxygen atoms in total. The number of imidazole rings is 1. The zero-order valence-corrected chi connectivity index (χ0v) is 15.0. The number of methoxy groups -OCH3 is 1. The van der Waals surface area contributed by atoms with E-state index < -0.39 is 0 Å². The summed E-state index contributed by atoms with van der Waals surface area (Å²) in [6, 6.07) is 8.57. The first-order chi connectivity index (χ1) is 9.52. The van der Waals surface area contributed by atoms with Crippen LogP contribution < -0.4 is 0 Å². The Morgan fingerprint density at radius 1 is 1.20 bits per heavy atom. The van der Waals surface area contributed by atoms with E-state index in [4.69, 9.17) is 4.74 Å². The van der Waals surface area contributed by atoms with Crippen LogP contribution in [-0.2, 0) is 17.9 Å². The van der Waals surface area contributed by atoms with E-state index in [2.05, 4.69) is 75.0 Å². The molecule has 0 saturated heterocycles. The third kappa shape index (κ3) is 3.51. The van der Waals surface area contributed by atoms with Crippen molar-refractivity contribution in [3.8, 4) is 11.4 Å². The Kier molecular flexibility index (Phi) is 5.41. The summed E-state index contributed by atoms with van der Waals surface area (Å²) < 4.78 is 8.90. The van der Waals surface area contributed by atoms with Gasteiger partial charge in [0.1, 0.15) is 21.8 Å². The molecule has 2 aromatic rings. The van der Waals surface area contributed by atoms with E-state index in [1.165, 1.54) is 5.56 Å². The summed E-state index contributed by atoms with van der Waals surface area (Å²) in [6.07, 6.45) is 1.10. The van der Waals surface area contributed by atoms with Gasteiger partial charge in [0.05, 0.1) is 0 Å². The van der Waals surface area contributed by atoms with Gasteiger partial charge in [-0.3, -0.25) is 4.57 Å². The lowest BCUT2D eigenvalue weighted by Crippen LogP contribution is -2.02.